The van der Waals surface area contributed by atoms with Crippen LogP contribution in [0.25, 0.3) is 0 Å². The van der Waals surface area contributed by atoms with Crippen LogP contribution in [0.1, 0.15) is 25.0 Å². The minimum Gasteiger partial charge on any atom is -0.330 e. The Labute approximate surface area is 84.5 Å². The maximum Gasteiger partial charge on any atom is 0.0829 e. The van der Waals surface area contributed by atoms with Gasteiger partial charge in [-0.25, -0.2) is 0 Å². The van der Waals surface area contributed by atoms with E-state index in [-0.39, 0.29) is 0 Å². The van der Waals surface area contributed by atoms with Crippen molar-refractivity contribution in [2.45, 2.75) is 25.7 Å². The van der Waals surface area contributed by atoms with E-state index in [9.17, 15) is 0 Å². The van der Waals surface area contributed by atoms with Crippen LogP contribution in [0.4, 0.5) is 0 Å². The van der Waals surface area contributed by atoms with Gasteiger partial charge in [-0.3, -0.25) is 4.68 Å². The second kappa shape index (κ2) is 4.09. The summed E-state index contributed by atoms with van der Waals surface area (Å²) in [5, 5.41) is 8.07. The summed E-state index contributed by atoms with van der Waals surface area (Å²) in [5.74, 6) is 1.44. The molecule has 2 unspecified atom stereocenters. The minimum atomic E-state index is 0.706. The van der Waals surface area contributed by atoms with Crippen LogP contribution >= 0.6 is 0 Å². The average Bonchev–Trinajstić information content (AvgIpc) is 2.76. The Morgan fingerprint density at radius 3 is 2.93 bits per heavy atom. The summed E-state index contributed by atoms with van der Waals surface area (Å²) in [4.78, 5) is 0. The fraction of sp³-hybridized carbons (Fsp3) is 0.800. The lowest BCUT2D eigenvalue weighted by Crippen LogP contribution is -2.20. The van der Waals surface area contributed by atoms with Gasteiger partial charge in [0.25, 0.3) is 0 Å². The van der Waals surface area contributed by atoms with E-state index in [2.05, 4.69) is 10.3 Å². The van der Waals surface area contributed by atoms with Crippen molar-refractivity contribution in [2.75, 3.05) is 6.54 Å². The van der Waals surface area contributed by atoms with Gasteiger partial charge in [-0.15, -0.1) is 5.10 Å². The molecule has 4 nitrogen and oxygen atoms in total. The zero-order valence-electron chi connectivity index (χ0n) is 8.69. The quantitative estimate of drug-likeness (QED) is 0.772. The molecule has 0 aliphatic heterocycles. The van der Waals surface area contributed by atoms with Crippen molar-refractivity contribution >= 4 is 0 Å². The molecule has 2 rings (SSSR count). The maximum absolute atomic E-state index is 5.74. The molecule has 1 aromatic rings. The second-order valence-corrected chi connectivity index (χ2v) is 4.27. The van der Waals surface area contributed by atoms with Crippen molar-refractivity contribution in [1.82, 2.24) is 15.0 Å². The molecule has 0 spiro atoms. The van der Waals surface area contributed by atoms with Crippen LogP contribution in [0.15, 0.2) is 6.20 Å². The van der Waals surface area contributed by atoms with E-state index in [1.807, 2.05) is 13.2 Å². The van der Waals surface area contributed by atoms with Crippen molar-refractivity contribution in [3.63, 3.8) is 0 Å². The third kappa shape index (κ3) is 1.95. The van der Waals surface area contributed by atoms with Crippen LogP contribution in [0.3, 0.4) is 0 Å². The van der Waals surface area contributed by atoms with Gasteiger partial charge in [-0.1, -0.05) is 11.6 Å². The molecule has 0 amide bonds. The van der Waals surface area contributed by atoms with Crippen LogP contribution in [0, 0.1) is 11.8 Å². The Kier molecular flexibility index (Phi) is 2.82. The van der Waals surface area contributed by atoms with Gasteiger partial charge >= 0.3 is 0 Å². The molecule has 0 saturated heterocycles. The Balaban J connectivity index is 1.96. The van der Waals surface area contributed by atoms with Gasteiger partial charge < -0.3 is 5.73 Å². The molecule has 2 N–H and O–H groups in total. The average molecular weight is 194 g/mol. The molecule has 1 aliphatic rings. The molecule has 1 aliphatic carbocycles. The van der Waals surface area contributed by atoms with Gasteiger partial charge in [0.1, 0.15) is 0 Å². The molecule has 4 heteroatoms. The molecular weight excluding hydrogens is 176 g/mol. The Morgan fingerprint density at radius 2 is 2.29 bits per heavy atom. The highest BCUT2D eigenvalue weighted by atomic mass is 15.4. The molecule has 1 aromatic heterocycles. The highest BCUT2D eigenvalue weighted by Crippen LogP contribution is 2.32. The first-order valence-electron chi connectivity index (χ1n) is 5.35. The first-order valence-corrected chi connectivity index (χ1v) is 5.35. The van der Waals surface area contributed by atoms with Crippen molar-refractivity contribution in [3.8, 4) is 0 Å². The highest BCUT2D eigenvalue weighted by Gasteiger charge is 2.26. The fourth-order valence-electron chi connectivity index (χ4n) is 2.45. The van der Waals surface area contributed by atoms with Gasteiger partial charge in [-0.2, -0.15) is 0 Å². The summed E-state index contributed by atoms with van der Waals surface area (Å²) in [6.45, 7) is 0.824. The standard InChI is InChI=1S/C10H18N4/c1-14-7-10(12-13-14)5-8-3-2-4-9(8)6-11/h7-9H,2-6,11H2,1H3. The SMILES string of the molecule is Cn1cc(CC2CCCC2CN)nn1. The number of nitrogens with zero attached hydrogens (tertiary/aromatic N) is 3. The summed E-state index contributed by atoms with van der Waals surface area (Å²) in [5.41, 5.74) is 6.85. The largest absolute Gasteiger partial charge is 0.330 e. The van der Waals surface area contributed by atoms with Crippen LogP contribution in [-0.4, -0.2) is 21.5 Å². The van der Waals surface area contributed by atoms with Crippen LogP contribution in [0.2, 0.25) is 0 Å². The minimum absolute atomic E-state index is 0.706. The van der Waals surface area contributed by atoms with Crippen molar-refractivity contribution in [2.24, 2.45) is 24.6 Å². The fourth-order valence-corrected chi connectivity index (χ4v) is 2.45. The summed E-state index contributed by atoms with van der Waals surface area (Å²) >= 11 is 0. The van der Waals surface area contributed by atoms with E-state index in [0.29, 0.717) is 5.92 Å². The van der Waals surface area contributed by atoms with Gasteiger partial charge in [-0.05, 0) is 37.6 Å². The summed E-state index contributed by atoms with van der Waals surface area (Å²) in [6, 6.07) is 0. The lowest BCUT2D eigenvalue weighted by Gasteiger charge is -2.15. The van der Waals surface area contributed by atoms with Crippen LogP contribution < -0.4 is 5.73 Å². The smallest absolute Gasteiger partial charge is 0.0829 e. The molecule has 0 aromatic carbocycles. The Morgan fingerprint density at radius 1 is 1.50 bits per heavy atom. The van der Waals surface area contributed by atoms with Crippen LogP contribution in [0.5, 0.6) is 0 Å². The van der Waals surface area contributed by atoms with Gasteiger partial charge in [0.2, 0.25) is 0 Å². The number of hydrogen-bond donors (Lipinski definition) is 1. The number of aryl methyl sites for hydroxylation is 1. The molecule has 2 atom stereocenters. The number of rotatable bonds is 3. The van der Waals surface area contributed by atoms with E-state index in [0.717, 1.165) is 24.6 Å². The van der Waals surface area contributed by atoms with Gasteiger partial charge in [0.15, 0.2) is 0 Å². The molecule has 78 valence electrons. The first-order chi connectivity index (χ1) is 6.79. The van der Waals surface area contributed by atoms with E-state index < -0.39 is 0 Å². The molecule has 1 fully saturated rings. The molecule has 0 bridgehead atoms. The Bertz CT molecular complexity index is 294. The summed E-state index contributed by atoms with van der Waals surface area (Å²) in [7, 11) is 1.91. The topological polar surface area (TPSA) is 56.7 Å². The third-order valence-corrected chi connectivity index (χ3v) is 3.24. The number of nitrogens with two attached hydrogens (primary N) is 1. The second-order valence-electron chi connectivity index (χ2n) is 4.27. The molecule has 14 heavy (non-hydrogen) atoms. The third-order valence-electron chi connectivity index (χ3n) is 3.24. The van der Waals surface area contributed by atoms with Crippen molar-refractivity contribution < 1.29 is 0 Å². The molecule has 0 radical (unpaired) electrons. The Hall–Kier alpha value is -0.900. The molecular formula is C10H18N4. The lowest BCUT2D eigenvalue weighted by atomic mass is 9.92. The maximum atomic E-state index is 5.74. The molecule has 1 heterocycles. The number of hydrogen-bond acceptors (Lipinski definition) is 3. The van der Waals surface area contributed by atoms with Crippen molar-refractivity contribution in [1.29, 1.82) is 0 Å². The number of aromatic nitrogens is 3. The van der Waals surface area contributed by atoms with E-state index in [4.69, 9.17) is 5.73 Å². The van der Waals surface area contributed by atoms with Gasteiger partial charge in [0.05, 0.1) is 5.69 Å². The van der Waals surface area contributed by atoms with Gasteiger partial charge in [0, 0.05) is 13.2 Å². The lowest BCUT2D eigenvalue weighted by molar-refractivity contribution is 0.391. The first kappa shape index (κ1) is 9.65. The highest BCUT2D eigenvalue weighted by molar-refractivity contribution is 4.96. The van der Waals surface area contributed by atoms with E-state index in [1.54, 1.807) is 4.68 Å². The zero-order valence-corrected chi connectivity index (χ0v) is 8.69. The predicted molar refractivity (Wildman–Crippen MR) is 54.6 cm³/mol. The van der Waals surface area contributed by atoms with E-state index >= 15 is 0 Å². The predicted octanol–water partition coefficient (Wildman–Crippen LogP) is 0.733. The molecule has 1 saturated carbocycles. The van der Waals surface area contributed by atoms with Crippen LogP contribution in [-0.2, 0) is 13.5 Å². The monoisotopic (exact) mass is 194 g/mol. The summed E-state index contributed by atoms with van der Waals surface area (Å²) in [6.07, 6.45) is 6.98. The summed E-state index contributed by atoms with van der Waals surface area (Å²) < 4.78 is 1.77. The van der Waals surface area contributed by atoms with Crippen molar-refractivity contribution in [3.05, 3.63) is 11.9 Å². The van der Waals surface area contributed by atoms with E-state index in [1.165, 1.54) is 19.3 Å². The zero-order chi connectivity index (χ0) is 9.97. The normalized spacial score (nSPS) is 27.0.